The van der Waals surface area contributed by atoms with Crippen molar-refractivity contribution in [1.29, 1.82) is 0 Å². The maximum Gasteiger partial charge on any atom is 0.416 e. The van der Waals surface area contributed by atoms with E-state index in [1.54, 1.807) is 0 Å². The molecule has 2 rings (SSSR count). The Kier molecular flexibility index (Phi) is 4.29. The van der Waals surface area contributed by atoms with E-state index >= 15 is 0 Å². The van der Waals surface area contributed by atoms with Gasteiger partial charge in [-0.2, -0.15) is 13.2 Å². The summed E-state index contributed by atoms with van der Waals surface area (Å²) < 4.78 is 38.5. The summed E-state index contributed by atoms with van der Waals surface area (Å²) in [6, 6.07) is 3.65. The lowest BCUT2D eigenvalue weighted by atomic mass is 10.0. The number of nitrogens with zero attached hydrogens (tertiary/aromatic N) is 2. The molecule has 0 radical (unpaired) electrons. The number of hydrogen-bond acceptors (Lipinski definition) is 3. The van der Waals surface area contributed by atoms with Crippen LogP contribution in [0.3, 0.4) is 0 Å². The van der Waals surface area contributed by atoms with E-state index in [0.717, 1.165) is 37.9 Å². The van der Waals surface area contributed by atoms with Crippen molar-refractivity contribution in [3.05, 3.63) is 29.3 Å². The van der Waals surface area contributed by atoms with Gasteiger partial charge in [-0.05, 0) is 37.5 Å². The summed E-state index contributed by atoms with van der Waals surface area (Å²) >= 11 is 0. The summed E-state index contributed by atoms with van der Waals surface area (Å²) in [5.74, 6) is -0.308. The Balaban J connectivity index is 2.50. The predicted molar refractivity (Wildman–Crippen MR) is 74.6 cm³/mol. The molecular formula is C14H18F3N3O. The van der Waals surface area contributed by atoms with E-state index in [1.807, 2.05) is 11.8 Å². The minimum atomic E-state index is -4.46. The van der Waals surface area contributed by atoms with E-state index in [-0.39, 0.29) is 17.4 Å². The third kappa shape index (κ3) is 3.06. The maximum absolute atomic E-state index is 12.8. The number of hydrogen-bond donors (Lipinski definition) is 2. The van der Waals surface area contributed by atoms with Crippen LogP contribution in [0.2, 0.25) is 0 Å². The van der Waals surface area contributed by atoms with Crippen LogP contribution in [0.25, 0.3) is 0 Å². The molecule has 0 amide bonds. The molecule has 21 heavy (non-hydrogen) atoms. The molecule has 0 bridgehead atoms. The van der Waals surface area contributed by atoms with Crippen molar-refractivity contribution in [2.75, 3.05) is 11.4 Å². The first-order chi connectivity index (χ1) is 9.88. The molecule has 1 aromatic carbocycles. The average molecular weight is 301 g/mol. The molecule has 1 aliphatic rings. The van der Waals surface area contributed by atoms with Gasteiger partial charge < -0.3 is 15.8 Å². The lowest BCUT2D eigenvalue weighted by molar-refractivity contribution is -0.137. The summed E-state index contributed by atoms with van der Waals surface area (Å²) in [5, 5.41) is 11.7. The smallest absolute Gasteiger partial charge is 0.409 e. The third-order valence-corrected chi connectivity index (χ3v) is 3.87. The van der Waals surface area contributed by atoms with Crippen LogP contribution in [0.1, 0.15) is 37.3 Å². The Morgan fingerprint density at radius 2 is 2.19 bits per heavy atom. The second-order valence-corrected chi connectivity index (χ2v) is 5.11. The number of rotatable bonds is 3. The van der Waals surface area contributed by atoms with Crippen molar-refractivity contribution >= 4 is 11.5 Å². The molecule has 0 saturated carbocycles. The van der Waals surface area contributed by atoms with Crippen molar-refractivity contribution in [2.24, 2.45) is 10.9 Å². The first-order valence-corrected chi connectivity index (χ1v) is 6.84. The lowest BCUT2D eigenvalue weighted by Gasteiger charge is -2.28. The third-order valence-electron chi connectivity index (χ3n) is 3.87. The molecule has 0 spiro atoms. The normalized spacial score (nSPS) is 20.1. The molecule has 1 atom stereocenters. The van der Waals surface area contributed by atoms with Crippen LogP contribution in [0.5, 0.6) is 0 Å². The van der Waals surface area contributed by atoms with Gasteiger partial charge >= 0.3 is 6.18 Å². The highest BCUT2D eigenvalue weighted by molar-refractivity contribution is 6.02. The van der Waals surface area contributed by atoms with Crippen LogP contribution in [0.15, 0.2) is 23.4 Å². The van der Waals surface area contributed by atoms with Gasteiger partial charge in [-0.3, -0.25) is 0 Å². The fourth-order valence-corrected chi connectivity index (χ4v) is 2.80. The van der Waals surface area contributed by atoms with Gasteiger partial charge in [0.05, 0.1) is 5.56 Å². The molecule has 1 unspecified atom stereocenters. The Hall–Kier alpha value is -1.92. The average Bonchev–Trinajstić information content (AvgIpc) is 2.93. The SMILES string of the molecule is CCC1CCCN1c1ccc(C(F)(F)F)cc1/C(N)=N/O. The maximum atomic E-state index is 12.8. The molecule has 1 fully saturated rings. The van der Waals surface area contributed by atoms with E-state index in [0.29, 0.717) is 5.69 Å². The minimum absolute atomic E-state index is 0.118. The molecule has 0 aromatic heterocycles. The molecule has 7 heteroatoms. The molecular weight excluding hydrogens is 283 g/mol. The van der Waals surface area contributed by atoms with Gasteiger partial charge in [-0.15, -0.1) is 0 Å². The quantitative estimate of drug-likeness (QED) is 0.390. The van der Waals surface area contributed by atoms with E-state index < -0.39 is 11.7 Å². The number of alkyl halides is 3. The van der Waals surface area contributed by atoms with Gasteiger partial charge in [0.1, 0.15) is 0 Å². The Labute approximate surface area is 121 Å². The van der Waals surface area contributed by atoms with Crippen LogP contribution in [-0.2, 0) is 6.18 Å². The molecule has 1 saturated heterocycles. The highest BCUT2D eigenvalue weighted by Gasteiger charge is 2.33. The minimum Gasteiger partial charge on any atom is -0.409 e. The first kappa shape index (κ1) is 15.5. The summed E-state index contributed by atoms with van der Waals surface area (Å²) in [5.41, 5.74) is 5.47. The fraction of sp³-hybridized carbons (Fsp3) is 0.500. The second-order valence-electron chi connectivity index (χ2n) is 5.11. The summed E-state index contributed by atoms with van der Waals surface area (Å²) in [6.07, 6.45) is -1.59. The summed E-state index contributed by atoms with van der Waals surface area (Å²) in [4.78, 5) is 2.04. The molecule has 116 valence electrons. The van der Waals surface area contributed by atoms with Gasteiger partial charge in [-0.1, -0.05) is 12.1 Å². The van der Waals surface area contributed by atoms with Crippen LogP contribution in [0.4, 0.5) is 18.9 Å². The topological polar surface area (TPSA) is 61.8 Å². The largest absolute Gasteiger partial charge is 0.416 e. The number of nitrogens with two attached hydrogens (primary N) is 1. The zero-order valence-electron chi connectivity index (χ0n) is 11.7. The molecule has 1 heterocycles. The summed E-state index contributed by atoms with van der Waals surface area (Å²) in [6.45, 7) is 2.80. The first-order valence-electron chi connectivity index (χ1n) is 6.84. The number of halogens is 3. The Morgan fingerprint density at radius 3 is 2.76 bits per heavy atom. The zero-order chi connectivity index (χ0) is 15.6. The van der Waals surface area contributed by atoms with Gasteiger partial charge in [0.2, 0.25) is 0 Å². The summed E-state index contributed by atoms with van der Waals surface area (Å²) in [7, 11) is 0. The second kappa shape index (κ2) is 5.83. The predicted octanol–water partition coefficient (Wildman–Crippen LogP) is 3.18. The molecule has 1 aromatic rings. The van der Waals surface area contributed by atoms with Gasteiger partial charge in [0.15, 0.2) is 5.84 Å². The van der Waals surface area contributed by atoms with Crippen molar-refractivity contribution < 1.29 is 18.4 Å². The van der Waals surface area contributed by atoms with Crippen molar-refractivity contribution in [2.45, 2.75) is 38.4 Å². The van der Waals surface area contributed by atoms with Crippen molar-refractivity contribution in [1.82, 2.24) is 0 Å². The lowest BCUT2D eigenvalue weighted by Crippen LogP contribution is -2.31. The Morgan fingerprint density at radius 1 is 1.48 bits per heavy atom. The van der Waals surface area contributed by atoms with E-state index in [2.05, 4.69) is 5.16 Å². The van der Waals surface area contributed by atoms with Crippen LogP contribution in [0, 0.1) is 0 Å². The standard InChI is InChI=1S/C14H18F3N3O/c1-2-10-4-3-7-20(10)12-6-5-9(14(15,16)17)8-11(12)13(18)19-21/h5-6,8,10,21H,2-4,7H2,1H3,(H2,18,19). The van der Waals surface area contributed by atoms with E-state index in [9.17, 15) is 13.2 Å². The number of oxime groups is 1. The number of benzene rings is 1. The van der Waals surface area contributed by atoms with Crippen LogP contribution in [-0.4, -0.2) is 23.6 Å². The van der Waals surface area contributed by atoms with Gasteiger partial charge in [0, 0.05) is 23.8 Å². The van der Waals surface area contributed by atoms with Crippen molar-refractivity contribution in [3.63, 3.8) is 0 Å². The number of anilines is 1. The highest BCUT2D eigenvalue weighted by Crippen LogP contribution is 2.35. The van der Waals surface area contributed by atoms with Crippen LogP contribution >= 0.6 is 0 Å². The molecule has 0 aliphatic carbocycles. The highest BCUT2D eigenvalue weighted by atomic mass is 19.4. The number of amidine groups is 1. The van der Waals surface area contributed by atoms with E-state index in [1.165, 1.54) is 6.07 Å². The van der Waals surface area contributed by atoms with Crippen molar-refractivity contribution in [3.8, 4) is 0 Å². The molecule has 4 nitrogen and oxygen atoms in total. The Bertz CT molecular complexity index is 543. The molecule has 1 aliphatic heterocycles. The fourth-order valence-electron chi connectivity index (χ4n) is 2.80. The van der Waals surface area contributed by atoms with Gasteiger partial charge in [0.25, 0.3) is 0 Å². The van der Waals surface area contributed by atoms with Gasteiger partial charge in [-0.25, -0.2) is 0 Å². The monoisotopic (exact) mass is 301 g/mol. The zero-order valence-corrected chi connectivity index (χ0v) is 11.7. The van der Waals surface area contributed by atoms with Crippen LogP contribution < -0.4 is 10.6 Å². The van der Waals surface area contributed by atoms with E-state index in [4.69, 9.17) is 10.9 Å². The molecule has 3 N–H and O–H groups in total.